The van der Waals surface area contributed by atoms with E-state index >= 15 is 0 Å². The van der Waals surface area contributed by atoms with Crippen LogP contribution in [0.25, 0.3) is 0 Å². The molecule has 6 heteroatoms. The third-order valence-electron chi connectivity index (χ3n) is 2.81. The Hall–Kier alpha value is -1.56. The fourth-order valence-corrected chi connectivity index (χ4v) is 3.08. The van der Waals surface area contributed by atoms with Gasteiger partial charge in [-0.3, -0.25) is 9.10 Å². The smallest absolute Gasteiger partial charge is 0.243 e. The van der Waals surface area contributed by atoms with Gasteiger partial charge in [-0.2, -0.15) is 0 Å². The highest BCUT2D eigenvalue weighted by molar-refractivity contribution is 7.92. The number of carbonyl (C=O) groups is 1. The molecule has 1 N–H and O–H groups in total. The molecule has 0 spiro atoms. The minimum Gasteiger partial charge on any atom is -0.352 e. The number of benzene rings is 1. The molecule has 0 aliphatic rings. The van der Waals surface area contributed by atoms with Gasteiger partial charge in [0.05, 0.1) is 11.9 Å². The highest BCUT2D eigenvalue weighted by Gasteiger charge is 2.29. The number of anilines is 1. The summed E-state index contributed by atoms with van der Waals surface area (Å²) >= 11 is 0. The Bertz CT molecular complexity index is 565. The molecule has 0 saturated heterocycles. The van der Waals surface area contributed by atoms with Crippen molar-refractivity contribution in [3.8, 4) is 0 Å². The van der Waals surface area contributed by atoms with Gasteiger partial charge in [0, 0.05) is 6.04 Å². The molecule has 20 heavy (non-hydrogen) atoms. The molecule has 1 aromatic carbocycles. The van der Waals surface area contributed by atoms with Gasteiger partial charge in [-0.15, -0.1) is 0 Å². The van der Waals surface area contributed by atoms with Gasteiger partial charge in [0.1, 0.15) is 6.04 Å². The van der Waals surface area contributed by atoms with Gasteiger partial charge < -0.3 is 5.32 Å². The lowest BCUT2D eigenvalue weighted by atomic mass is 10.2. The van der Waals surface area contributed by atoms with E-state index in [9.17, 15) is 13.2 Å². The zero-order chi connectivity index (χ0) is 15.5. The number of nitrogens with zero attached hydrogens (tertiary/aromatic N) is 1. The SMILES string of the molecule is Cc1ccc(N([C@H](C)C(=O)NC(C)C)S(C)(=O)=O)cc1. The van der Waals surface area contributed by atoms with E-state index in [0.717, 1.165) is 16.1 Å². The normalized spacial score (nSPS) is 13.1. The van der Waals surface area contributed by atoms with Gasteiger partial charge in [-0.05, 0) is 39.8 Å². The van der Waals surface area contributed by atoms with E-state index in [-0.39, 0.29) is 11.9 Å². The van der Waals surface area contributed by atoms with Crippen molar-refractivity contribution >= 4 is 21.6 Å². The molecule has 0 aliphatic heterocycles. The molecule has 1 atom stereocenters. The van der Waals surface area contributed by atoms with Gasteiger partial charge in [0.25, 0.3) is 0 Å². The standard InChI is InChI=1S/C14H22N2O3S/c1-10(2)15-14(17)12(4)16(20(5,18)19)13-8-6-11(3)7-9-13/h6-10,12H,1-5H3,(H,15,17)/t12-/m1/s1. The Kier molecular flexibility index (Phi) is 5.16. The van der Waals surface area contributed by atoms with E-state index in [4.69, 9.17) is 0 Å². The summed E-state index contributed by atoms with van der Waals surface area (Å²) in [6.07, 6.45) is 1.10. The molecule has 0 saturated carbocycles. The minimum absolute atomic E-state index is 0.0376. The number of aryl methyl sites for hydroxylation is 1. The molecular formula is C14H22N2O3S. The minimum atomic E-state index is -3.54. The molecule has 1 aromatic rings. The second kappa shape index (κ2) is 6.26. The highest BCUT2D eigenvalue weighted by Crippen LogP contribution is 2.21. The summed E-state index contributed by atoms with van der Waals surface area (Å²) in [6, 6.07) is 6.21. The molecule has 0 heterocycles. The van der Waals surface area contributed by atoms with Crippen LogP contribution >= 0.6 is 0 Å². The van der Waals surface area contributed by atoms with Crippen molar-refractivity contribution < 1.29 is 13.2 Å². The topological polar surface area (TPSA) is 66.5 Å². The van der Waals surface area contributed by atoms with E-state index in [0.29, 0.717) is 5.69 Å². The number of amides is 1. The summed E-state index contributed by atoms with van der Waals surface area (Å²) in [4.78, 5) is 12.1. The Labute approximate surface area is 121 Å². The first-order valence-electron chi connectivity index (χ1n) is 6.49. The fourth-order valence-electron chi connectivity index (χ4n) is 1.91. The Morgan fingerprint density at radius 1 is 1.15 bits per heavy atom. The lowest BCUT2D eigenvalue weighted by molar-refractivity contribution is -0.122. The van der Waals surface area contributed by atoms with Crippen molar-refractivity contribution in [1.29, 1.82) is 0 Å². The van der Waals surface area contributed by atoms with Crippen LogP contribution in [0.3, 0.4) is 0 Å². The molecular weight excluding hydrogens is 276 g/mol. The second-order valence-corrected chi connectivity index (χ2v) is 7.09. The van der Waals surface area contributed by atoms with Crippen LogP contribution in [0.1, 0.15) is 26.3 Å². The molecule has 0 aliphatic carbocycles. The van der Waals surface area contributed by atoms with Gasteiger partial charge >= 0.3 is 0 Å². The Balaban J connectivity index is 3.14. The number of carbonyl (C=O) groups excluding carboxylic acids is 1. The third-order valence-corrected chi connectivity index (χ3v) is 4.05. The predicted molar refractivity (Wildman–Crippen MR) is 81.2 cm³/mol. The first kappa shape index (κ1) is 16.5. The maximum Gasteiger partial charge on any atom is 0.243 e. The van der Waals surface area contributed by atoms with E-state index in [1.165, 1.54) is 0 Å². The van der Waals surface area contributed by atoms with E-state index in [1.54, 1.807) is 19.1 Å². The third kappa shape index (κ3) is 4.23. The van der Waals surface area contributed by atoms with E-state index < -0.39 is 16.1 Å². The molecule has 0 fully saturated rings. The van der Waals surface area contributed by atoms with Gasteiger partial charge in [0.2, 0.25) is 15.9 Å². The van der Waals surface area contributed by atoms with Crippen LogP contribution in [0.2, 0.25) is 0 Å². The first-order chi connectivity index (χ1) is 9.12. The van der Waals surface area contributed by atoms with Crippen molar-refractivity contribution in [2.45, 2.75) is 39.8 Å². The zero-order valence-corrected chi connectivity index (χ0v) is 13.4. The van der Waals surface area contributed by atoms with Crippen molar-refractivity contribution in [3.63, 3.8) is 0 Å². The summed E-state index contributed by atoms with van der Waals surface area (Å²) < 4.78 is 25.1. The molecule has 0 radical (unpaired) electrons. The average molecular weight is 298 g/mol. The number of rotatable bonds is 5. The summed E-state index contributed by atoms with van der Waals surface area (Å²) in [5.74, 6) is -0.314. The number of sulfonamides is 1. The number of hydrogen-bond donors (Lipinski definition) is 1. The number of hydrogen-bond acceptors (Lipinski definition) is 3. The maximum absolute atomic E-state index is 12.1. The van der Waals surface area contributed by atoms with Gasteiger partial charge in [-0.25, -0.2) is 8.42 Å². The molecule has 0 bridgehead atoms. The first-order valence-corrected chi connectivity index (χ1v) is 8.34. The number of nitrogens with one attached hydrogen (secondary N) is 1. The lowest BCUT2D eigenvalue weighted by Gasteiger charge is -2.28. The van der Waals surface area contributed by atoms with E-state index in [2.05, 4.69) is 5.32 Å². The predicted octanol–water partition coefficient (Wildman–Crippen LogP) is 1.67. The lowest BCUT2D eigenvalue weighted by Crippen LogP contribution is -2.49. The van der Waals surface area contributed by atoms with Crippen LogP contribution in [-0.2, 0) is 14.8 Å². The highest BCUT2D eigenvalue weighted by atomic mass is 32.2. The summed E-state index contributed by atoms with van der Waals surface area (Å²) in [5.41, 5.74) is 1.52. The maximum atomic E-state index is 12.1. The van der Waals surface area contributed by atoms with Crippen LogP contribution in [-0.4, -0.2) is 32.7 Å². The molecule has 112 valence electrons. The van der Waals surface area contributed by atoms with Gasteiger partial charge in [0.15, 0.2) is 0 Å². The molecule has 5 nitrogen and oxygen atoms in total. The van der Waals surface area contributed by atoms with E-state index in [1.807, 2.05) is 32.9 Å². The largest absolute Gasteiger partial charge is 0.352 e. The van der Waals surface area contributed by atoms with Crippen LogP contribution in [0.15, 0.2) is 24.3 Å². The van der Waals surface area contributed by atoms with Crippen LogP contribution in [0, 0.1) is 6.92 Å². The average Bonchev–Trinajstić information content (AvgIpc) is 2.29. The Morgan fingerprint density at radius 3 is 2.05 bits per heavy atom. The summed E-state index contributed by atoms with van der Waals surface area (Å²) in [6.45, 7) is 7.17. The van der Waals surface area contributed by atoms with Crippen LogP contribution in [0.5, 0.6) is 0 Å². The molecule has 0 aromatic heterocycles. The second-order valence-electron chi connectivity index (χ2n) is 5.23. The van der Waals surface area contributed by atoms with Gasteiger partial charge in [-0.1, -0.05) is 17.7 Å². The van der Waals surface area contributed by atoms with Crippen LogP contribution < -0.4 is 9.62 Å². The summed E-state index contributed by atoms with van der Waals surface area (Å²) in [5, 5.41) is 2.73. The van der Waals surface area contributed by atoms with Crippen LogP contribution in [0.4, 0.5) is 5.69 Å². The quantitative estimate of drug-likeness (QED) is 0.899. The van der Waals surface area contributed by atoms with Crippen molar-refractivity contribution in [3.05, 3.63) is 29.8 Å². The van der Waals surface area contributed by atoms with Crippen molar-refractivity contribution in [2.75, 3.05) is 10.6 Å². The monoisotopic (exact) mass is 298 g/mol. The van der Waals surface area contributed by atoms with Crippen molar-refractivity contribution in [2.24, 2.45) is 0 Å². The molecule has 1 rings (SSSR count). The summed E-state index contributed by atoms with van der Waals surface area (Å²) in [7, 11) is -3.54. The molecule has 0 unspecified atom stereocenters. The van der Waals surface area contributed by atoms with Crippen molar-refractivity contribution in [1.82, 2.24) is 5.32 Å². The molecule has 1 amide bonds. The zero-order valence-electron chi connectivity index (χ0n) is 12.5. The fraction of sp³-hybridized carbons (Fsp3) is 0.500. The Morgan fingerprint density at radius 2 is 1.65 bits per heavy atom.